The van der Waals surface area contributed by atoms with Crippen molar-refractivity contribution in [3.8, 4) is 0 Å². The van der Waals surface area contributed by atoms with Crippen molar-refractivity contribution in [3.63, 3.8) is 0 Å². The summed E-state index contributed by atoms with van der Waals surface area (Å²) in [4.78, 5) is 0. The summed E-state index contributed by atoms with van der Waals surface area (Å²) < 4.78 is 12.1. The van der Waals surface area contributed by atoms with Crippen LogP contribution in [0.4, 0.5) is 4.39 Å². The van der Waals surface area contributed by atoms with E-state index in [1.165, 1.54) is 34.4 Å². The van der Waals surface area contributed by atoms with Gasteiger partial charge in [-0.25, -0.2) is 4.39 Å². The lowest BCUT2D eigenvalue weighted by Gasteiger charge is -2.31. The quantitative estimate of drug-likeness (QED) is 0.393. The summed E-state index contributed by atoms with van der Waals surface area (Å²) >= 11 is 0. The monoisotopic (exact) mass is 521 g/mol. The summed E-state index contributed by atoms with van der Waals surface area (Å²) in [6, 6.07) is 14.9. The van der Waals surface area contributed by atoms with Crippen LogP contribution in [0.5, 0.6) is 0 Å². The minimum Gasteiger partial charge on any atom is -0.392 e. The summed E-state index contributed by atoms with van der Waals surface area (Å²) in [6.07, 6.45) is 11.2. The van der Waals surface area contributed by atoms with Crippen molar-refractivity contribution in [3.05, 3.63) is 119 Å². The van der Waals surface area contributed by atoms with E-state index in [2.05, 4.69) is 75.7 Å². The van der Waals surface area contributed by atoms with Crippen LogP contribution in [0.15, 0.2) is 96.8 Å². The third kappa shape index (κ3) is 12.1. The molecule has 0 aliphatic heterocycles. The second-order valence-electron chi connectivity index (χ2n) is 9.65. The van der Waals surface area contributed by atoms with E-state index in [-0.39, 0.29) is 17.3 Å². The first-order chi connectivity index (χ1) is 18.1. The van der Waals surface area contributed by atoms with E-state index in [1.807, 2.05) is 34.7 Å². The molecule has 1 saturated carbocycles. The molecule has 2 aromatic rings. The number of aliphatic hydroxyl groups is 1. The van der Waals surface area contributed by atoms with Gasteiger partial charge in [0, 0.05) is 24.6 Å². The fourth-order valence-electron chi connectivity index (χ4n) is 4.25. The summed E-state index contributed by atoms with van der Waals surface area (Å²) in [7, 11) is 1.91. The van der Waals surface area contributed by atoms with E-state index in [0.29, 0.717) is 0 Å². The van der Waals surface area contributed by atoms with Crippen molar-refractivity contribution in [2.45, 2.75) is 86.7 Å². The zero-order valence-electron chi connectivity index (χ0n) is 25.2. The lowest BCUT2D eigenvalue weighted by atomic mass is 9.76. The first-order valence-electron chi connectivity index (χ1n) is 13.9. The van der Waals surface area contributed by atoms with Crippen molar-refractivity contribution >= 4 is 0 Å². The average Bonchev–Trinajstić information content (AvgIpc) is 3.22. The summed E-state index contributed by atoms with van der Waals surface area (Å²) in [6.45, 7) is 21.6. The number of allylic oxidation sites excluding steroid dienone is 5. The lowest BCUT2D eigenvalue weighted by molar-refractivity contribution is 0.0849. The molecule has 0 aromatic heterocycles. The smallest absolute Gasteiger partial charge is 0.123 e. The highest BCUT2D eigenvalue weighted by Crippen LogP contribution is 2.48. The highest BCUT2D eigenvalue weighted by atomic mass is 19.1. The van der Waals surface area contributed by atoms with Gasteiger partial charge < -0.3 is 10.4 Å². The van der Waals surface area contributed by atoms with Crippen LogP contribution >= 0.6 is 0 Å². The molecule has 2 aromatic carbocycles. The Morgan fingerprint density at radius 3 is 2.16 bits per heavy atom. The van der Waals surface area contributed by atoms with Gasteiger partial charge in [-0.15, -0.1) is 6.58 Å². The molecular weight excluding hydrogens is 469 g/mol. The lowest BCUT2D eigenvalue weighted by Crippen LogP contribution is -2.28. The summed E-state index contributed by atoms with van der Waals surface area (Å²) in [5.74, 6) is -0.171. The van der Waals surface area contributed by atoms with E-state index >= 15 is 0 Å². The van der Waals surface area contributed by atoms with Gasteiger partial charge in [-0.05, 0) is 69.7 Å². The molecule has 3 heteroatoms. The van der Waals surface area contributed by atoms with Gasteiger partial charge >= 0.3 is 0 Å². The van der Waals surface area contributed by atoms with Gasteiger partial charge in [0.15, 0.2) is 0 Å². The highest BCUT2D eigenvalue weighted by Gasteiger charge is 2.41. The van der Waals surface area contributed by atoms with E-state index < -0.39 is 0 Å². The number of aryl methyl sites for hydroxylation is 2. The number of halogens is 1. The van der Waals surface area contributed by atoms with Crippen molar-refractivity contribution in [2.24, 2.45) is 5.41 Å². The summed E-state index contributed by atoms with van der Waals surface area (Å²) in [5.41, 5.74) is 7.83. The molecule has 2 unspecified atom stereocenters. The van der Waals surface area contributed by atoms with E-state index in [4.69, 9.17) is 0 Å². The molecular formula is C35H52FNO. The van der Waals surface area contributed by atoms with E-state index in [1.54, 1.807) is 18.2 Å². The zero-order valence-corrected chi connectivity index (χ0v) is 25.2. The largest absolute Gasteiger partial charge is 0.392 e. The number of benzene rings is 2. The Kier molecular flexibility index (Phi) is 17.7. The van der Waals surface area contributed by atoms with Gasteiger partial charge in [0.25, 0.3) is 0 Å². The predicted molar refractivity (Wildman–Crippen MR) is 166 cm³/mol. The highest BCUT2D eigenvalue weighted by molar-refractivity contribution is 5.35. The molecule has 210 valence electrons. The van der Waals surface area contributed by atoms with Gasteiger partial charge in [-0.2, -0.15) is 0 Å². The third-order valence-electron chi connectivity index (χ3n) is 6.67. The number of nitrogens with one attached hydrogen (secondary N) is 1. The van der Waals surface area contributed by atoms with Crippen LogP contribution in [0.1, 0.15) is 77.5 Å². The molecule has 0 spiro atoms. The molecule has 2 N–H and O–H groups in total. The maximum atomic E-state index is 12.1. The molecule has 0 heterocycles. The predicted octanol–water partition coefficient (Wildman–Crippen LogP) is 9.30. The number of hydrogen-bond donors (Lipinski definition) is 2. The molecule has 0 radical (unpaired) electrons. The molecule has 38 heavy (non-hydrogen) atoms. The fourth-order valence-corrected chi connectivity index (χ4v) is 4.25. The Hall–Kier alpha value is -2.91. The minimum atomic E-state index is -0.171. The topological polar surface area (TPSA) is 32.3 Å². The Morgan fingerprint density at radius 1 is 1.11 bits per heavy atom. The molecule has 0 amide bonds. The van der Waals surface area contributed by atoms with Crippen LogP contribution in [0.3, 0.4) is 0 Å². The minimum absolute atomic E-state index is 0.0690. The number of rotatable bonds is 4. The first-order valence-corrected chi connectivity index (χ1v) is 13.9. The molecule has 2 aliphatic rings. The fraction of sp³-hybridized carbons (Fsp3) is 0.429. The second-order valence-corrected chi connectivity index (χ2v) is 9.65. The third-order valence-corrected chi connectivity index (χ3v) is 6.67. The van der Waals surface area contributed by atoms with Gasteiger partial charge in [0.05, 0.1) is 6.10 Å². The maximum Gasteiger partial charge on any atom is 0.123 e. The van der Waals surface area contributed by atoms with Gasteiger partial charge in [-0.1, -0.05) is 106 Å². The van der Waals surface area contributed by atoms with Crippen LogP contribution in [0.25, 0.3) is 0 Å². The zero-order chi connectivity index (χ0) is 29.1. The average molecular weight is 522 g/mol. The van der Waals surface area contributed by atoms with Crippen molar-refractivity contribution in [2.75, 3.05) is 7.05 Å². The molecule has 2 atom stereocenters. The van der Waals surface area contributed by atoms with Crippen molar-refractivity contribution in [1.82, 2.24) is 5.32 Å². The van der Waals surface area contributed by atoms with Gasteiger partial charge in [0.2, 0.25) is 0 Å². The Bertz CT molecular complexity index is 997. The Labute approximate surface area is 233 Å². The number of hydrogen-bond acceptors (Lipinski definition) is 2. The first kappa shape index (κ1) is 35.1. The van der Waals surface area contributed by atoms with E-state index in [9.17, 15) is 9.50 Å². The number of fused-ring (bicyclic) bond motifs is 1. The SMILES string of the molecule is C=C(Cc1ccccc1CC)NC.C=CC.CC.CC1=CCC2(C)C(=C1)CCC2O.Cc1ccc(F)cc1. The molecule has 2 nitrogen and oxygen atoms in total. The molecule has 4 rings (SSSR count). The van der Waals surface area contributed by atoms with Crippen molar-refractivity contribution < 1.29 is 9.50 Å². The van der Waals surface area contributed by atoms with Crippen LogP contribution in [0.2, 0.25) is 0 Å². The van der Waals surface area contributed by atoms with Crippen LogP contribution in [-0.2, 0) is 12.8 Å². The molecule has 0 saturated heterocycles. The standard InChI is InChI=1S/C12H17N.C11H16O.C7H7F.C3H6.C2H6/c1-4-11-7-5-6-8-12(11)9-10(2)13-3;1-8-5-6-11(2)9(7-8)3-4-10(11)12;1-6-2-4-7(8)5-3-6;1-3-2;1-2/h5-8,13H,2,4,9H2,1,3H3;5,7,10,12H,3-4,6H2,1-2H3;2-5H,1H3;3H,1H2,2H3;1-2H3. The number of aliphatic hydroxyl groups excluding tert-OH is 1. The second kappa shape index (κ2) is 19.2. The van der Waals surface area contributed by atoms with E-state index in [0.717, 1.165) is 43.4 Å². The van der Waals surface area contributed by atoms with Crippen LogP contribution in [-0.4, -0.2) is 18.3 Å². The normalized spacial score (nSPS) is 18.5. The maximum absolute atomic E-state index is 12.1. The molecule has 1 fully saturated rings. The Balaban J connectivity index is 0.000000507. The van der Waals surface area contributed by atoms with Crippen molar-refractivity contribution in [1.29, 1.82) is 0 Å². The number of likely N-dealkylation sites (N-methyl/N-ethyl adjacent to an activating group) is 1. The van der Waals surface area contributed by atoms with Crippen LogP contribution in [0, 0.1) is 18.2 Å². The Morgan fingerprint density at radius 2 is 1.66 bits per heavy atom. The molecule has 2 aliphatic carbocycles. The summed E-state index contributed by atoms with van der Waals surface area (Å²) in [5, 5.41) is 12.9. The molecule has 0 bridgehead atoms. The van der Waals surface area contributed by atoms with Gasteiger partial charge in [0.1, 0.15) is 5.82 Å². The van der Waals surface area contributed by atoms with Gasteiger partial charge in [-0.3, -0.25) is 0 Å². The van der Waals surface area contributed by atoms with Crippen LogP contribution < -0.4 is 5.32 Å².